The average Bonchev–Trinajstić information content (AvgIpc) is 3.14. The maximum Gasteiger partial charge on any atom is 0.416 e. The fraction of sp³-hybridized carbons (Fsp3) is 0.480. The molecule has 7 nitrogen and oxygen atoms in total. The van der Waals surface area contributed by atoms with Crippen LogP contribution in [-0.4, -0.2) is 51.6 Å². The molecular weight excluding hydrogens is 541 g/mol. The van der Waals surface area contributed by atoms with Gasteiger partial charge in [0.05, 0.1) is 22.7 Å². The van der Waals surface area contributed by atoms with E-state index in [0.717, 1.165) is 22.1 Å². The van der Waals surface area contributed by atoms with E-state index >= 15 is 0 Å². The number of carbonyl (C=O) groups is 1. The predicted molar refractivity (Wildman–Crippen MR) is 133 cm³/mol. The molecule has 11 heteroatoms. The standard InChI is InChI=1S/C25H28BrF3N4O3/c1-5-35-13-36-20-11-16(25(27,28)29)10-15(4)22(20)19-8-7-18-23(26)33(31-24(18)30-19)17-6-9-21(34)32(12-17)14(2)3/h7-8,10-11,14,17H,5-6,9,12-13H2,1-4H3/t17-/m1/s1. The zero-order valence-electron chi connectivity index (χ0n) is 20.5. The molecule has 194 valence electrons. The van der Waals surface area contributed by atoms with Crippen LogP contribution in [0.15, 0.2) is 28.9 Å². The van der Waals surface area contributed by atoms with Crippen molar-refractivity contribution < 1.29 is 27.4 Å². The highest BCUT2D eigenvalue weighted by Crippen LogP contribution is 2.40. The van der Waals surface area contributed by atoms with Crippen LogP contribution in [0.2, 0.25) is 0 Å². The Morgan fingerprint density at radius 2 is 2.00 bits per heavy atom. The molecule has 1 aliphatic heterocycles. The summed E-state index contributed by atoms with van der Waals surface area (Å²) in [4.78, 5) is 18.8. The number of pyridine rings is 1. The first kappa shape index (κ1) is 26.4. The highest BCUT2D eigenvalue weighted by atomic mass is 79.9. The van der Waals surface area contributed by atoms with Crippen molar-refractivity contribution in [3.8, 4) is 17.0 Å². The topological polar surface area (TPSA) is 69.5 Å². The van der Waals surface area contributed by atoms with Crippen molar-refractivity contribution in [3.05, 3.63) is 40.0 Å². The van der Waals surface area contributed by atoms with Crippen molar-refractivity contribution >= 4 is 32.9 Å². The number of hydrogen-bond acceptors (Lipinski definition) is 5. The first-order valence-electron chi connectivity index (χ1n) is 11.8. The molecule has 2 aromatic heterocycles. The number of ether oxygens (including phenoxy) is 2. The van der Waals surface area contributed by atoms with Crippen LogP contribution in [0.1, 0.15) is 50.8 Å². The normalized spacial score (nSPS) is 16.9. The number of aromatic nitrogens is 3. The summed E-state index contributed by atoms with van der Waals surface area (Å²) in [5.41, 5.74) is 0.914. The van der Waals surface area contributed by atoms with E-state index in [1.54, 1.807) is 19.9 Å². The number of likely N-dealkylation sites (tertiary alicyclic amines) is 1. The second-order valence-corrected chi connectivity index (χ2v) is 9.81. The Balaban J connectivity index is 1.75. The minimum Gasteiger partial charge on any atom is -0.467 e. The second kappa shape index (κ2) is 10.4. The highest BCUT2D eigenvalue weighted by molar-refractivity contribution is 9.10. The molecule has 0 spiro atoms. The molecule has 0 bridgehead atoms. The predicted octanol–water partition coefficient (Wildman–Crippen LogP) is 6.13. The van der Waals surface area contributed by atoms with Crippen molar-refractivity contribution in [1.82, 2.24) is 19.7 Å². The summed E-state index contributed by atoms with van der Waals surface area (Å²) in [5, 5.41) is 5.48. The van der Waals surface area contributed by atoms with E-state index < -0.39 is 11.7 Å². The van der Waals surface area contributed by atoms with Crippen LogP contribution >= 0.6 is 15.9 Å². The van der Waals surface area contributed by atoms with Crippen LogP contribution in [0.3, 0.4) is 0 Å². The van der Waals surface area contributed by atoms with E-state index in [4.69, 9.17) is 14.6 Å². The molecule has 0 aliphatic carbocycles. The fourth-order valence-corrected chi connectivity index (χ4v) is 5.12. The van der Waals surface area contributed by atoms with Gasteiger partial charge in [-0.05, 0) is 79.9 Å². The number of halogens is 4. The molecule has 0 radical (unpaired) electrons. The number of amides is 1. The van der Waals surface area contributed by atoms with Crippen LogP contribution in [0.5, 0.6) is 5.75 Å². The van der Waals surface area contributed by atoms with Crippen LogP contribution in [-0.2, 0) is 15.7 Å². The van der Waals surface area contributed by atoms with Gasteiger partial charge in [0, 0.05) is 31.2 Å². The van der Waals surface area contributed by atoms with E-state index in [2.05, 4.69) is 20.9 Å². The van der Waals surface area contributed by atoms with Crippen molar-refractivity contribution in [1.29, 1.82) is 0 Å². The van der Waals surface area contributed by atoms with Gasteiger partial charge in [-0.1, -0.05) is 0 Å². The molecule has 1 aromatic carbocycles. The van der Waals surface area contributed by atoms with Crippen molar-refractivity contribution in [2.24, 2.45) is 0 Å². The molecule has 0 N–H and O–H groups in total. The van der Waals surface area contributed by atoms with Crippen molar-refractivity contribution in [2.75, 3.05) is 19.9 Å². The summed E-state index contributed by atoms with van der Waals surface area (Å²) in [6.07, 6.45) is -3.41. The molecule has 36 heavy (non-hydrogen) atoms. The van der Waals surface area contributed by atoms with Gasteiger partial charge in [0.25, 0.3) is 0 Å². The van der Waals surface area contributed by atoms with E-state index in [0.29, 0.717) is 48.5 Å². The SMILES string of the molecule is CCOCOc1cc(C(F)(F)F)cc(C)c1-c1ccc2c(Br)n([C@@H]3CCC(=O)N(C(C)C)C3)nc2n1. The third kappa shape index (κ3) is 5.22. The second-order valence-electron chi connectivity index (χ2n) is 9.05. The number of benzene rings is 1. The molecule has 0 saturated carbocycles. The van der Waals surface area contributed by atoms with Crippen LogP contribution in [0.4, 0.5) is 13.2 Å². The van der Waals surface area contributed by atoms with Gasteiger partial charge < -0.3 is 14.4 Å². The molecule has 1 amide bonds. The molecule has 1 fully saturated rings. The molecule has 4 rings (SSSR count). The lowest BCUT2D eigenvalue weighted by Gasteiger charge is -2.35. The third-order valence-corrected chi connectivity index (χ3v) is 7.06. The lowest BCUT2D eigenvalue weighted by Crippen LogP contribution is -2.44. The monoisotopic (exact) mass is 568 g/mol. The van der Waals surface area contributed by atoms with Gasteiger partial charge in [-0.25, -0.2) is 4.98 Å². The number of aryl methyl sites for hydroxylation is 1. The van der Waals surface area contributed by atoms with Gasteiger partial charge in [-0.15, -0.1) is 0 Å². The highest BCUT2D eigenvalue weighted by Gasteiger charge is 2.33. The average molecular weight is 569 g/mol. The number of piperidine rings is 1. The number of alkyl halides is 3. The first-order chi connectivity index (χ1) is 17.0. The zero-order chi connectivity index (χ0) is 26.2. The first-order valence-corrected chi connectivity index (χ1v) is 12.6. The molecule has 3 aromatic rings. The minimum atomic E-state index is -4.51. The minimum absolute atomic E-state index is 0.0185. The number of fused-ring (bicyclic) bond motifs is 1. The Bertz CT molecular complexity index is 1280. The summed E-state index contributed by atoms with van der Waals surface area (Å²) in [5.74, 6) is 0.173. The molecule has 3 heterocycles. The summed E-state index contributed by atoms with van der Waals surface area (Å²) in [7, 11) is 0. The van der Waals surface area contributed by atoms with E-state index in [1.165, 1.54) is 0 Å². The molecule has 1 atom stereocenters. The van der Waals surface area contributed by atoms with Gasteiger partial charge in [0.1, 0.15) is 10.4 Å². The third-order valence-electron chi connectivity index (χ3n) is 6.27. The van der Waals surface area contributed by atoms with Gasteiger partial charge in [-0.3, -0.25) is 9.48 Å². The number of rotatable bonds is 7. The Hall–Kier alpha value is -2.66. The Labute approximate surface area is 215 Å². The van der Waals surface area contributed by atoms with E-state index in [-0.39, 0.29) is 30.5 Å². The maximum atomic E-state index is 13.5. The number of nitrogens with zero attached hydrogens (tertiary/aromatic N) is 4. The summed E-state index contributed by atoms with van der Waals surface area (Å²) in [6, 6.07) is 5.71. The maximum absolute atomic E-state index is 13.5. The van der Waals surface area contributed by atoms with Gasteiger partial charge in [0.15, 0.2) is 12.4 Å². The van der Waals surface area contributed by atoms with Crippen LogP contribution in [0.25, 0.3) is 22.3 Å². The number of hydrogen-bond donors (Lipinski definition) is 0. The lowest BCUT2D eigenvalue weighted by atomic mass is 10.00. The molecule has 1 aliphatic rings. The summed E-state index contributed by atoms with van der Waals surface area (Å²) < 4.78 is 53.8. The smallest absolute Gasteiger partial charge is 0.416 e. The Morgan fingerprint density at radius 1 is 1.25 bits per heavy atom. The summed E-state index contributed by atoms with van der Waals surface area (Å²) in [6.45, 7) is 8.07. The fourth-order valence-electron chi connectivity index (χ4n) is 4.44. The van der Waals surface area contributed by atoms with Crippen LogP contribution in [0, 0.1) is 6.92 Å². The van der Waals surface area contributed by atoms with E-state index in [1.807, 2.05) is 29.5 Å². The quantitative estimate of drug-likeness (QED) is 0.253. The van der Waals surface area contributed by atoms with Gasteiger partial charge in [0.2, 0.25) is 5.91 Å². The number of carbonyl (C=O) groups excluding carboxylic acids is 1. The zero-order valence-corrected chi connectivity index (χ0v) is 22.1. The lowest BCUT2D eigenvalue weighted by molar-refractivity contribution is -0.138. The van der Waals surface area contributed by atoms with Crippen LogP contribution < -0.4 is 4.74 Å². The van der Waals surface area contributed by atoms with E-state index in [9.17, 15) is 18.0 Å². The van der Waals surface area contributed by atoms with Crippen molar-refractivity contribution in [2.45, 2.75) is 58.8 Å². The molecule has 1 saturated heterocycles. The van der Waals surface area contributed by atoms with Gasteiger partial charge in [-0.2, -0.15) is 18.3 Å². The molecule has 0 unspecified atom stereocenters. The molecular formula is C25H28BrF3N4O3. The Kier molecular flexibility index (Phi) is 7.61. The Morgan fingerprint density at radius 3 is 2.67 bits per heavy atom. The summed E-state index contributed by atoms with van der Waals surface area (Å²) >= 11 is 3.63. The van der Waals surface area contributed by atoms with Gasteiger partial charge >= 0.3 is 6.18 Å². The largest absolute Gasteiger partial charge is 0.467 e. The van der Waals surface area contributed by atoms with Crippen molar-refractivity contribution in [3.63, 3.8) is 0 Å².